The Kier molecular flexibility index (Phi) is 6.88. The number of hydrogen-bond donors (Lipinski definition) is 3. The van der Waals surface area contributed by atoms with E-state index in [1.807, 2.05) is 31.2 Å². The maximum absolute atomic E-state index is 12.8. The number of nitrogens with one attached hydrogen (secondary N) is 2. The van der Waals surface area contributed by atoms with Crippen molar-refractivity contribution >= 4 is 34.4 Å². The monoisotopic (exact) mass is 433 g/mol. The number of benzene rings is 2. The number of hydrogen-bond acceptors (Lipinski definition) is 4. The molecule has 0 unspecified atom stereocenters. The number of carbonyl (C=O) groups is 3. The Morgan fingerprint density at radius 2 is 1.72 bits per heavy atom. The summed E-state index contributed by atoms with van der Waals surface area (Å²) in [7, 11) is 0. The van der Waals surface area contributed by atoms with Crippen molar-refractivity contribution in [2.45, 2.75) is 39.7 Å². The largest absolute Gasteiger partial charge is 0.480 e. The molecule has 0 aliphatic carbocycles. The molecule has 3 aromatic rings. The predicted molar refractivity (Wildman–Crippen MR) is 123 cm³/mol. The Morgan fingerprint density at radius 3 is 2.38 bits per heavy atom. The number of carboxylic acids is 1. The molecule has 1 aromatic heterocycles. The van der Waals surface area contributed by atoms with Crippen LogP contribution >= 0.6 is 0 Å². The molecule has 2 amide bonds. The molecule has 0 saturated heterocycles. The Hall–Kier alpha value is -3.74. The number of aliphatic carboxylic acids is 1. The molecule has 3 N–H and O–H groups in total. The zero-order valence-electron chi connectivity index (χ0n) is 18.4. The van der Waals surface area contributed by atoms with Crippen LogP contribution in [0.2, 0.25) is 0 Å². The first-order chi connectivity index (χ1) is 15.2. The van der Waals surface area contributed by atoms with Crippen molar-refractivity contribution in [2.24, 2.45) is 5.41 Å². The van der Waals surface area contributed by atoms with Gasteiger partial charge in [-0.1, -0.05) is 51.1 Å². The van der Waals surface area contributed by atoms with Crippen molar-refractivity contribution < 1.29 is 19.5 Å². The first-order valence-electron chi connectivity index (χ1n) is 10.5. The Bertz CT molecular complexity index is 1130. The van der Waals surface area contributed by atoms with Gasteiger partial charge >= 0.3 is 5.97 Å². The standard InChI is InChI=1S/C25H27N3O4/c1-4-25(2,3)24(32)28-21(23(30)31)15-16-9-11-17(12-10-16)27-22(29)19-13-14-26-20-8-6-5-7-18(19)20/h5-14,21H,4,15H2,1-3H3,(H,27,29)(H,28,32)(H,30,31)/t21-/m0/s1. The quantitative estimate of drug-likeness (QED) is 0.497. The number of anilines is 1. The first kappa shape index (κ1) is 22.9. The molecule has 166 valence electrons. The van der Waals surface area contributed by atoms with Gasteiger partial charge in [0.2, 0.25) is 5.91 Å². The molecule has 0 aliphatic rings. The molecule has 3 rings (SSSR count). The third-order valence-corrected chi connectivity index (χ3v) is 5.65. The average molecular weight is 434 g/mol. The highest BCUT2D eigenvalue weighted by Crippen LogP contribution is 2.21. The van der Waals surface area contributed by atoms with E-state index >= 15 is 0 Å². The van der Waals surface area contributed by atoms with Crippen LogP contribution in [-0.4, -0.2) is 33.9 Å². The SMILES string of the molecule is CCC(C)(C)C(=O)N[C@@H](Cc1ccc(NC(=O)c2ccnc3ccccc23)cc1)C(=O)O. The molecule has 7 nitrogen and oxygen atoms in total. The number of nitrogens with zero attached hydrogens (tertiary/aromatic N) is 1. The van der Waals surface area contributed by atoms with Crippen LogP contribution < -0.4 is 10.6 Å². The van der Waals surface area contributed by atoms with E-state index in [-0.39, 0.29) is 18.2 Å². The van der Waals surface area contributed by atoms with Crippen LogP contribution in [0, 0.1) is 5.41 Å². The highest BCUT2D eigenvalue weighted by molar-refractivity contribution is 6.12. The molecule has 0 fully saturated rings. The van der Waals surface area contributed by atoms with E-state index in [0.717, 1.165) is 16.5 Å². The van der Waals surface area contributed by atoms with E-state index in [1.165, 1.54) is 0 Å². The lowest BCUT2D eigenvalue weighted by atomic mass is 9.88. The zero-order chi connectivity index (χ0) is 23.3. The maximum Gasteiger partial charge on any atom is 0.326 e. The van der Waals surface area contributed by atoms with E-state index in [1.54, 1.807) is 50.4 Å². The summed E-state index contributed by atoms with van der Waals surface area (Å²) < 4.78 is 0. The van der Waals surface area contributed by atoms with Crippen molar-refractivity contribution in [3.05, 3.63) is 71.9 Å². The molecule has 0 spiro atoms. The summed E-state index contributed by atoms with van der Waals surface area (Å²) >= 11 is 0. The van der Waals surface area contributed by atoms with Crippen molar-refractivity contribution in [3.63, 3.8) is 0 Å². The predicted octanol–water partition coefficient (Wildman–Crippen LogP) is 4.04. The minimum Gasteiger partial charge on any atom is -0.480 e. The minimum atomic E-state index is -1.09. The molecule has 7 heteroatoms. The van der Waals surface area contributed by atoms with Gasteiger partial charge in [-0.15, -0.1) is 0 Å². The van der Waals surface area contributed by atoms with Crippen molar-refractivity contribution in [2.75, 3.05) is 5.32 Å². The maximum atomic E-state index is 12.8. The highest BCUT2D eigenvalue weighted by atomic mass is 16.4. The van der Waals surface area contributed by atoms with Gasteiger partial charge in [0.25, 0.3) is 5.91 Å². The molecule has 0 aliphatic heterocycles. The van der Waals surface area contributed by atoms with E-state index in [4.69, 9.17) is 0 Å². The normalized spacial score (nSPS) is 12.2. The summed E-state index contributed by atoms with van der Waals surface area (Å²) in [6.45, 7) is 5.45. The number of carbonyl (C=O) groups excluding carboxylic acids is 2. The lowest BCUT2D eigenvalue weighted by Gasteiger charge is -2.24. The lowest BCUT2D eigenvalue weighted by molar-refractivity contribution is -0.143. The number of para-hydroxylation sites is 1. The second-order valence-electron chi connectivity index (χ2n) is 8.33. The van der Waals surface area contributed by atoms with Crippen LogP contribution in [0.3, 0.4) is 0 Å². The minimum absolute atomic E-state index is 0.143. The van der Waals surface area contributed by atoms with E-state index < -0.39 is 17.4 Å². The molecule has 0 radical (unpaired) electrons. The van der Waals surface area contributed by atoms with Crippen LogP contribution in [0.1, 0.15) is 43.1 Å². The molecule has 0 bridgehead atoms. The van der Waals surface area contributed by atoms with Gasteiger partial charge in [0, 0.05) is 29.1 Å². The van der Waals surface area contributed by atoms with E-state index in [2.05, 4.69) is 15.6 Å². The third kappa shape index (κ3) is 5.29. The number of rotatable bonds is 8. The van der Waals surface area contributed by atoms with Gasteiger partial charge < -0.3 is 15.7 Å². The number of pyridine rings is 1. The van der Waals surface area contributed by atoms with E-state index in [0.29, 0.717) is 17.7 Å². The van der Waals surface area contributed by atoms with Gasteiger partial charge in [-0.05, 0) is 36.2 Å². The molecule has 1 heterocycles. The molecule has 1 atom stereocenters. The summed E-state index contributed by atoms with van der Waals surface area (Å²) in [6.07, 6.45) is 2.34. The van der Waals surface area contributed by atoms with Gasteiger partial charge in [-0.2, -0.15) is 0 Å². The molecular weight excluding hydrogens is 406 g/mol. The second kappa shape index (κ2) is 9.60. The van der Waals surface area contributed by atoms with Crippen molar-refractivity contribution in [1.82, 2.24) is 10.3 Å². The van der Waals surface area contributed by atoms with Gasteiger partial charge in [-0.3, -0.25) is 14.6 Å². The van der Waals surface area contributed by atoms with Crippen molar-refractivity contribution in [3.8, 4) is 0 Å². The van der Waals surface area contributed by atoms with Gasteiger partial charge in [0.1, 0.15) is 6.04 Å². The van der Waals surface area contributed by atoms with Crippen LogP contribution in [0.5, 0.6) is 0 Å². The number of fused-ring (bicyclic) bond motifs is 1. The first-order valence-corrected chi connectivity index (χ1v) is 10.5. The summed E-state index contributed by atoms with van der Waals surface area (Å²) in [5.74, 6) is -1.64. The van der Waals surface area contributed by atoms with Crippen LogP contribution in [0.15, 0.2) is 60.8 Å². The summed E-state index contributed by atoms with van der Waals surface area (Å²) in [5, 5.41) is 15.8. The fourth-order valence-electron chi connectivity index (χ4n) is 3.17. The van der Waals surface area contributed by atoms with Crippen LogP contribution in [0.25, 0.3) is 10.9 Å². The topological polar surface area (TPSA) is 108 Å². The number of aromatic nitrogens is 1. The highest BCUT2D eigenvalue weighted by Gasteiger charge is 2.29. The summed E-state index contributed by atoms with van der Waals surface area (Å²) in [5.41, 5.74) is 1.94. The fraction of sp³-hybridized carbons (Fsp3) is 0.280. The Labute approximate surface area is 186 Å². The van der Waals surface area contributed by atoms with Gasteiger partial charge in [-0.25, -0.2) is 4.79 Å². The molecular formula is C25H27N3O4. The zero-order valence-corrected chi connectivity index (χ0v) is 18.4. The van der Waals surface area contributed by atoms with Gasteiger partial charge in [0.05, 0.1) is 11.1 Å². The molecule has 32 heavy (non-hydrogen) atoms. The summed E-state index contributed by atoms with van der Waals surface area (Å²) in [4.78, 5) is 41.1. The third-order valence-electron chi connectivity index (χ3n) is 5.65. The number of amides is 2. The number of carboxylic acid groups (broad SMARTS) is 1. The smallest absolute Gasteiger partial charge is 0.326 e. The van der Waals surface area contributed by atoms with Crippen LogP contribution in [0.4, 0.5) is 5.69 Å². The second-order valence-corrected chi connectivity index (χ2v) is 8.33. The van der Waals surface area contributed by atoms with Crippen LogP contribution in [-0.2, 0) is 16.0 Å². The van der Waals surface area contributed by atoms with Gasteiger partial charge in [0.15, 0.2) is 0 Å². The molecule has 0 saturated carbocycles. The lowest BCUT2D eigenvalue weighted by Crippen LogP contribution is -2.47. The fourth-order valence-corrected chi connectivity index (χ4v) is 3.17. The summed E-state index contributed by atoms with van der Waals surface area (Å²) in [6, 6.07) is 15.0. The Balaban J connectivity index is 1.69. The average Bonchev–Trinajstić information content (AvgIpc) is 2.79. The molecule has 2 aromatic carbocycles. The van der Waals surface area contributed by atoms with Crippen molar-refractivity contribution in [1.29, 1.82) is 0 Å². The van der Waals surface area contributed by atoms with E-state index in [9.17, 15) is 19.5 Å². The Morgan fingerprint density at radius 1 is 1.03 bits per heavy atom.